The van der Waals surface area contributed by atoms with Crippen molar-refractivity contribution in [2.45, 2.75) is 12.5 Å². The summed E-state index contributed by atoms with van der Waals surface area (Å²) in [5.41, 5.74) is -1.28. The highest BCUT2D eigenvalue weighted by Crippen LogP contribution is 2.01. The fourth-order valence-electron chi connectivity index (χ4n) is 0. The maximum atomic E-state index is 9.70. The van der Waals surface area contributed by atoms with E-state index >= 15 is 0 Å². The molecule has 0 saturated heterocycles. The van der Waals surface area contributed by atoms with Crippen LogP contribution in [0.25, 0.3) is 0 Å². The van der Waals surface area contributed by atoms with Crippen molar-refractivity contribution in [2.24, 2.45) is 0 Å². The SMILES string of the molecule is [CH2]C([CH2])(C)[N+](=O)[O-]. The first-order valence-electron chi connectivity index (χ1n) is 1.80. The Morgan fingerprint density at radius 3 is 1.86 bits per heavy atom. The van der Waals surface area contributed by atoms with Gasteiger partial charge in [-0.25, -0.2) is 0 Å². The molecule has 40 valence electrons. The zero-order valence-corrected chi connectivity index (χ0v) is 4.18. The fraction of sp³-hybridized carbons (Fsp3) is 0.500. The van der Waals surface area contributed by atoms with E-state index in [2.05, 4.69) is 13.8 Å². The van der Waals surface area contributed by atoms with Crippen molar-refractivity contribution in [2.75, 3.05) is 0 Å². The predicted octanol–water partition coefficient (Wildman–Crippen LogP) is 0.690. The lowest BCUT2D eigenvalue weighted by atomic mass is 10.1. The first-order chi connectivity index (χ1) is 2.94. The zero-order chi connectivity index (χ0) is 6.08. The smallest absolute Gasteiger partial charge is 0.220 e. The Kier molecular flexibility index (Phi) is 1.35. The second-order valence-corrected chi connectivity index (χ2v) is 1.75. The summed E-state index contributed by atoms with van der Waals surface area (Å²) in [5, 5.41) is 9.70. The van der Waals surface area contributed by atoms with E-state index in [0.717, 1.165) is 0 Å². The molecule has 0 unspecified atom stereocenters. The number of nitrogens with zero attached hydrogens (tertiary/aromatic N) is 1. The maximum absolute atomic E-state index is 9.70. The van der Waals surface area contributed by atoms with E-state index in [0.29, 0.717) is 0 Å². The van der Waals surface area contributed by atoms with E-state index in [1.165, 1.54) is 6.92 Å². The van der Waals surface area contributed by atoms with Crippen molar-refractivity contribution in [1.82, 2.24) is 0 Å². The number of rotatable bonds is 1. The minimum Gasteiger partial charge on any atom is -0.264 e. The zero-order valence-electron chi connectivity index (χ0n) is 4.18. The minimum absolute atomic E-state index is 0.535. The van der Waals surface area contributed by atoms with Crippen LogP contribution in [-0.2, 0) is 0 Å². The standard InChI is InChI=1S/C4H7NO2/c1-4(2,3)5(6)7/h1-2H2,3H3. The molecule has 0 aromatic heterocycles. The third kappa shape index (κ3) is 2.14. The molecular formula is C4H7NO2. The number of hydrogen-bond donors (Lipinski definition) is 0. The highest BCUT2D eigenvalue weighted by atomic mass is 16.6. The van der Waals surface area contributed by atoms with Crippen LogP contribution >= 0.6 is 0 Å². The van der Waals surface area contributed by atoms with Crippen molar-refractivity contribution in [3.05, 3.63) is 24.0 Å². The molecule has 0 aliphatic rings. The van der Waals surface area contributed by atoms with Crippen molar-refractivity contribution in [1.29, 1.82) is 0 Å². The van der Waals surface area contributed by atoms with Crippen molar-refractivity contribution in [3.63, 3.8) is 0 Å². The van der Waals surface area contributed by atoms with Gasteiger partial charge in [-0.15, -0.1) is 0 Å². The molecule has 0 N–H and O–H groups in total. The van der Waals surface area contributed by atoms with Crippen LogP contribution < -0.4 is 0 Å². The molecule has 0 spiro atoms. The highest BCUT2D eigenvalue weighted by Gasteiger charge is 2.22. The predicted molar refractivity (Wildman–Crippen MR) is 26.1 cm³/mol. The molecule has 3 nitrogen and oxygen atoms in total. The van der Waals surface area contributed by atoms with Gasteiger partial charge in [-0.2, -0.15) is 0 Å². The van der Waals surface area contributed by atoms with Gasteiger partial charge in [0.2, 0.25) is 5.54 Å². The summed E-state index contributed by atoms with van der Waals surface area (Å²) in [6, 6.07) is 0. The summed E-state index contributed by atoms with van der Waals surface area (Å²) >= 11 is 0. The Labute approximate surface area is 42.5 Å². The van der Waals surface area contributed by atoms with Crippen LogP contribution in [0.5, 0.6) is 0 Å². The maximum Gasteiger partial charge on any atom is 0.220 e. The average molecular weight is 101 g/mol. The summed E-state index contributed by atoms with van der Waals surface area (Å²) in [4.78, 5) is 9.17. The summed E-state index contributed by atoms with van der Waals surface area (Å²) in [6.45, 7) is 7.66. The van der Waals surface area contributed by atoms with E-state index in [-0.39, 0.29) is 0 Å². The molecule has 2 radical (unpaired) electrons. The first-order valence-corrected chi connectivity index (χ1v) is 1.80. The van der Waals surface area contributed by atoms with Crippen LogP contribution in [0.15, 0.2) is 0 Å². The summed E-state index contributed by atoms with van der Waals surface area (Å²) in [6.07, 6.45) is 0. The molecule has 0 bridgehead atoms. The van der Waals surface area contributed by atoms with Gasteiger partial charge < -0.3 is 0 Å². The molecule has 0 heterocycles. The molecule has 0 aliphatic heterocycles. The van der Waals surface area contributed by atoms with Crippen molar-refractivity contribution >= 4 is 0 Å². The van der Waals surface area contributed by atoms with E-state index in [4.69, 9.17) is 0 Å². The minimum atomic E-state index is -1.28. The lowest BCUT2D eigenvalue weighted by Crippen LogP contribution is -2.26. The molecule has 3 heteroatoms. The van der Waals surface area contributed by atoms with Crippen LogP contribution in [0.2, 0.25) is 0 Å². The van der Waals surface area contributed by atoms with E-state index in [9.17, 15) is 10.1 Å². The van der Waals surface area contributed by atoms with Gasteiger partial charge in [0.05, 0.1) is 0 Å². The van der Waals surface area contributed by atoms with Gasteiger partial charge in [0.1, 0.15) is 0 Å². The lowest BCUT2D eigenvalue weighted by Gasteiger charge is -2.05. The molecule has 0 aliphatic carbocycles. The second-order valence-electron chi connectivity index (χ2n) is 1.75. The van der Waals surface area contributed by atoms with Crippen LogP contribution in [-0.4, -0.2) is 10.5 Å². The van der Waals surface area contributed by atoms with Crippen LogP contribution in [0.3, 0.4) is 0 Å². The van der Waals surface area contributed by atoms with Crippen molar-refractivity contribution < 1.29 is 4.92 Å². The fourth-order valence-corrected chi connectivity index (χ4v) is 0. The number of nitro groups is 1. The van der Waals surface area contributed by atoms with Crippen LogP contribution in [0, 0.1) is 24.0 Å². The molecule has 0 aromatic rings. The largest absolute Gasteiger partial charge is 0.264 e. The summed E-state index contributed by atoms with van der Waals surface area (Å²) in [7, 11) is 0. The molecule has 0 aromatic carbocycles. The molecule has 0 fully saturated rings. The lowest BCUT2D eigenvalue weighted by molar-refractivity contribution is -0.538. The van der Waals surface area contributed by atoms with E-state index in [1.54, 1.807) is 0 Å². The summed E-state index contributed by atoms with van der Waals surface area (Å²) in [5.74, 6) is 0. The van der Waals surface area contributed by atoms with Gasteiger partial charge in [-0.05, 0) is 0 Å². The van der Waals surface area contributed by atoms with E-state index < -0.39 is 10.5 Å². The van der Waals surface area contributed by atoms with Crippen LogP contribution in [0.4, 0.5) is 0 Å². The van der Waals surface area contributed by atoms with Gasteiger partial charge in [-0.3, -0.25) is 10.1 Å². The van der Waals surface area contributed by atoms with E-state index in [1.807, 2.05) is 0 Å². The van der Waals surface area contributed by atoms with Gasteiger partial charge in [0, 0.05) is 25.7 Å². The number of hydrogen-bond acceptors (Lipinski definition) is 2. The normalized spacial score (nSPS) is 11.3. The Morgan fingerprint density at radius 1 is 1.71 bits per heavy atom. The van der Waals surface area contributed by atoms with Gasteiger partial charge in [0.25, 0.3) is 0 Å². The molecule has 0 rings (SSSR count). The topological polar surface area (TPSA) is 43.1 Å². The van der Waals surface area contributed by atoms with Gasteiger partial charge in [0.15, 0.2) is 0 Å². The molecule has 0 saturated carbocycles. The Bertz CT molecular complexity index is 82.2. The monoisotopic (exact) mass is 101 g/mol. The quantitative estimate of drug-likeness (QED) is 0.360. The molecule has 0 atom stereocenters. The van der Waals surface area contributed by atoms with Gasteiger partial charge in [-0.1, -0.05) is 0 Å². The molecule has 7 heavy (non-hydrogen) atoms. The van der Waals surface area contributed by atoms with Crippen molar-refractivity contribution in [3.8, 4) is 0 Å². The first kappa shape index (κ1) is 6.40. The Balaban J connectivity index is 3.79. The van der Waals surface area contributed by atoms with Gasteiger partial charge >= 0.3 is 0 Å². The second kappa shape index (κ2) is 1.48. The highest BCUT2D eigenvalue weighted by molar-refractivity contribution is 4.77. The third-order valence-corrected chi connectivity index (χ3v) is 0.441. The molecule has 0 amide bonds. The Hall–Kier alpha value is -0.600. The Morgan fingerprint density at radius 2 is 1.86 bits per heavy atom. The molecular weight excluding hydrogens is 94.0 g/mol. The van der Waals surface area contributed by atoms with Crippen LogP contribution in [0.1, 0.15) is 6.92 Å². The summed E-state index contributed by atoms with van der Waals surface area (Å²) < 4.78 is 0. The third-order valence-electron chi connectivity index (χ3n) is 0.441. The average Bonchev–Trinajstić information content (AvgIpc) is 1.31.